The van der Waals surface area contributed by atoms with E-state index in [9.17, 15) is 9.67 Å². The van der Waals surface area contributed by atoms with Crippen LogP contribution in [-0.2, 0) is 4.57 Å². The lowest BCUT2D eigenvalue weighted by Crippen LogP contribution is -2.43. The Bertz CT molecular complexity index is 577. The lowest BCUT2D eigenvalue weighted by atomic mass is 10.4. The molecule has 0 aromatic heterocycles. The molecule has 0 amide bonds. The lowest BCUT2D eigenvalue weighted by molar-refractivity contribution is -0.872. The second-order valence-corrected chi connectivity index (χ2v) is 9.23. The van der Waals surface area contributed by atoms with Crippen LogP contribution in [0.2, 0.25) is 0 Å². The standard InChI is InChI=1S/C17H23NO2P/c1-18(2,3)14-17(19)21(20,15-10-6-4-7-11-15)16-12-8-5-9-13-16/h4-13,17,19H,14H2,1-3H3/q+1. The second kappa shape index (κ2) is 6.15. The van der Waals surface area contributed by atoms with E-state index in [1.807, 2.05) is 81.8 Å². The highest BCUT2D eigenvalue weighted by Gasteiger charge is 2.38. The number of quaternary nitrogens is 1. The number of rotatable bonds is 5. The van der Waals surface area contributed by atoms with Crippen LogP contribution in [0.1, 0.15) is 0 Å². The van der Waals surface area contributed by atoms with Gasteiger partial charge in [0.1, 0.15) is 6.54 Å². The van der Waals surface area contributed by atoms with Crippen LogP contribution in [0.5, 0.6) is 0 Å². The molecule has 0 spiro atoms. The van der Waals surface area contributed by atoms with Crippen LogP contribution in [0, 0.1) is 0 Å². The predicted octanol–water partition coefficient (Wildman–Crippen LogP) is 2.03. The highest BCUT2D eigenvalue weighted by Crippen LogP contribution is 2.47. The van der Waals surface area contributed by atoms with Gasteiger partial charge >= 0.3 is 0 Å². The fourth-order valence-corrected chi connectivity index (χ4v) is 5.33. The molecule has 2 rings (SSSR count). The summed E-state index contributed by atoms with van der Waals surface area (Å²) in [6, 6.07) is 18.6. The highest BCUT2D eigenvalue weighted by molar-refractivity contribution is 7.79. The van der Waals surface area contributed by atoms with E-state index in [2.05, 4.69) is 0 Å². The molecule has 0 aliphatic rings. The highest BCUT2D eigenvalue weighted by atomic mass is 31.2. The Labute approximate surface area is 126 Å². The number of aliphatic hydroxyl groups excluding tert-OH is 1. The maximum atomic E-state index is 13.7. The van der Waals surface area contributed by atoms with Gasteiger partial charge in [0.2, 0.25) is 0 Å². The summed E-state index contributed by atoms with van der Waals surface area (Å²) in [6.07, 6.45) is 0. The summed E-state index contributed by atoms with van der Waals surface area (Å²) in [5, 5.41) is 12.1. The molecule has 4 heteroatoms. The zero-order chi connectivity index (χ0) is 15.5. The van der Waals surface area contributed by atoms with E-state index in [1.165, 1.54) is 0 Å². The Morgan fingerprint density at radius 3 is 1.62 bits per heavy atom. The third-order valence-electron chi connectivity index (χ3n) is 3.41. The maximum Gasteiger partial charge on any atom is 0.175 e. The van der Waals surface area contributed by atoms with E-state index in [1.54, 1.807) is 0 Å². The van der Waals surface area contributed by atoms with Gasteiger partial charge in [-0.25, -0.2) is 0 Å². The fourth-order valence-electron chi connectivity index (χ4n) is 2.40. The Balaban J connectivity index is 2.53. The fraction of sp³-hybridized carbons (Fsp3) is 0.294. The van der Waals surface area contributed by atoms with Crippen molar-refractivity contribution in [2.45, 2.75) is 5.85 Å². The van der Waals surface area contributed by atoms with Crippen molar-refractivity contribution >= 4 is 17.8 Å². The molecule has 1 unspecified atom stereocenters. The summed E-state index contributed by atoms with van der Waals surface area (Å²) < 4.78 is 14.3. The Kier molecular flexibility index (Phi) is 4.67. The molecule has 0 saturated heterocycles. The largest absolute Gasteiger partial charge is 0.379 e. The van der Waals surface area contributed by atoms with Gasteiger partial charge in [0.05, 0.1) is 21.1 Å². The zero-order valence-corrected chi connectivity index (χ0v) is 13.7. The molecule has 1 N–H and O–H groups in total. The first-order chi connectivity index (χ1) is 9.84. The van der Waals surface area contributed by atoms with Crippen LogP contribution in [0.4, 0.5) is 0 Å². The molecule has 3 nitrogen and oxygen atoms in total. The van der Waals surface area contributed by atoms with E-state index in [0.717, 1.165) is 0 Å². The molecule has 0 heterocycles. The topological polar surface area (TPSA) is 37.3 Å². The first kappa shape index (κ1) is 16.0. The van der Waals surface area contributed by atoms with Crippen LogP contribution in [-0.4, -0.2) is 43.1 Å². The SMILES string of the molecule is C[N+](C)(C)CC(O)P(=O)(c1ccccc1)c1ccccc1. The van der Waals surface area contributed by atoms with Crippen LogP contribution in [0.3, 0.4) is 0 Å². The first-order valence-corrected chi connectivity index (χ1v) is 8.81. The summed E-state index contributed by atoms with van der Waals surface area (Å²) in [4.78, 5) is 0. The first-order valence-electron chi connectivity index (χ1n) is 7.03. The minimum absolute atomic E-state index is 0.432. The summed E-state index contributed by atoms with van der Waals surface area (Å²) in [5.74, 6) is -0.901. The molecule has 0 aliphatic heterocycles. The zero-order valence-electron chi connectivity index (χ0n) is 12.8. The number of aliphatic hydroxyl groups is 1. The van der Waals surface area contributed by atoms with E-state index < -0.39 is 13.0 Å². The normalized spacial score (nSPS) is 13.9. The minimum Gasteiger partial charge on any atom is -0.379 e. The molecule has 1 atom stereocenters. The van der Waals surface area contributed by atoms with Gasteiger partial charge < -0.3 is 14.2 Å². The van der Waals surface area contributed by atoms with Crippen molar-refractivity contribution in [3.05, 3.63) is 60.7 Å². The molecule has 2 aromatic rings. The van der Waals surface area contributed by atoms with Crippen molar-refractivity contribution < 1.29 is 14.2 Å². The van der Waals surface area contributed by atoms with Gasteiger partial charge in [-0.3, -0.25) is 0 Å². The molecule has 0 saturated carbocycles. The van der Waals surface area contributed by atoms with Gasteiger partial charge in [-0.15, -0.1) is 0 Å². The quantitative estimate of drug-likeness (QED) is 0.678. The Morgan fingerprint density at radius 2 is 1.29 bits per heavy atom. The molecule has 112 valence electrons. The number of hydrogen-bond acceptors (Lipinski definition) is 2. The van der Waals surface area contributed by atoms with Crippen LogP contribution in [0.15, 0.2) is 60.7 Å². The molecule has 0 radical (unpaired) electrons. The number of benzene rings is 2. The molecule has 0 bridgehead atoms. The van der Waals surface area contributed by atoms with Crippen LogP contribution < -0.4 is 10.6 Å². The average Bonchev–Trinajstić information content (AvgIpc) is 2.46. The number of hydrogen-bond donors (Lipinski definition) is 1. The molecule has 0 fully saturated rings. The summed E-state index contributed by atoms with van der Waals surface area (Å²) in [6.45, 7) is 0.432. The molecular formula is C17H23NO2P+. The van der Waals surface area contributed by atoms with Gasteiger partial charge in [-0.05, 0) is 0 Å². The third-order valence-corrected chi connectivity index (χ3v) is 6.54. The van der Waals surface area contributed by atoms with Gasteiger partial charge in [0.15, 0.2) is 13.0 Å². The van der Waals surface area contributed by atoms with Gasteiger partial charge in [-0.1, -0.05) is 60.7 Å². The van der Waals surface area contributed by atoms with Gasteiger partial charge in [0, 0.05) is 10.6 Å². The van der Waals surface area contributed by atoms with E-state index >= 15 is 0 Å². The summed E-state index contributed by atoms with van der Waals surface area (Å²) >= 11 is 0. The second-order valence-electron chi connectivity index (χ2n) is 6.28. The monoisotopic (exact) mass is 304 g/mol. The third kappa shape index (κ3) is 3.62. The minimum atomic E-state index is -3.07. The Hall–Kier alpha value is -1.41. The van der Waals surface area contributed by atoms with Crippen molar-refractivity contribution in [3.8, 4) is 0 Å². The smallest absolute Gasteiger partial charge is 0.175 e. The van der Waals surface area contributed by atoms with E-state index in [-0.39, 0.29) is 0 Å². The van der Waals surface area contributed by atoms with Crippen molar-refractivity contribution in [1.82, 2.24) is 0 Å². The Morgan fingerprint density at radius 1 is 0.905 bits per heavy atom. The molecule has 2 aromatic carbocycles. The van der Waals surface area contributed by atoms with Crippen LogP contribution >= 0.6 is 7.14 Å². The summed E-state index contributed by atoms with van der Waals surface area (Å²) in [7, 11) is 2.90. The summed E-state index contributed by atoms with van der Waals surface area (Å²) in [5.41, 5.74) is 0. The predicted molar refractivity (Wildman–Crippen MR) is 88.7 cm³/mol. The maximum absolute atomic E-state index is 13.7. The number of likely N-dealkylation sites (N-methyl/N-ethyl adjacent to an activating group) is 1. The van der Waals surface area contributed by atoms with Crippen LogP contribution in [0.25, 0.3) is 0 Å². The van der Waals surface area contributed by atoms with Gasteiger partial charge in [-0.2, -0.15) is 0 Å². The lowest BCUT2D eigenvalue weighted by Gasteiger charge is -2.31. The van der Waals surface area contributed by atoms with Crippen molar-refractivity contribution in [3.63, 3.8) is 0 Å². The van der Waals surface area contributed by atoms with Crippen molar-refractivity contribution in [2.24, 2.45) is 0 Å². The number of nitrogens with zero attached hydrogens (tertiary/aromatic N) is 1. The molecule has 0 aliphatic carbocycles. The van der Waals surface area contributed by atoms with Crippen molar-refractivity contribution in [2.75, 3.05) is 27.7 Å². The van der Waals surface area contributed by atoms with Crippen molar-refractivity contribution in [1.29, 1.82) is 0 Å². The molecule has 21 heavy (non-hydrogen) atoms. The van der Waals surface area contributed by atoms with Gasteiger partial charge in [0.25, 0.3) is 0 Å². The van der Waals surface area contributed by atoms with E-state index in [0.29, 0.717) is 21.6 Å². The molecular weight excluding hydrogens is 281 g/mol. The van der Waals surface area contributed by atoms with E-state index in [4.69, 9.17) is 0 Å². The average molecular weight is 304 g/mol.